The SMILES string of the molecule is CCCCC(C)(C)C(C=C[C@@H]1[C@@H]2[C@H](C[C@H]1O[Si](C)(C)C(C)(C)C)OC(=O)[C@H]2F)O[Si](C)(C)C(C)(C)C. The Bertz CT molecular complexity index is 794. The molecule has 0 aromatic rings. The monoisotopic (exact) mass is 542 g/mol. The van der Waals surface area contributed by atoms with Gasteiger partial charge in [0, 0.05) is 18.3 Å². The maximum atomic E-state index is 15.1. The molecular weight excluding hydrogens is 487 g/mol. The highest BCUT2D eigenvalue weighted by atomic mass is 28.4. The number of alkyl halides is 1. The maximum absolute atomic E-state index is 15.1. The second-order valence-electron chi connectivity index (χ2n) is 15.0. The van der Waals surface area contributed by atoms with E-state index in [2.05, 4.69) is 101 Å². The van der Waals surface area contributed by atoms with Crippen molar-refractivity contribution in [3.63, 3.8) is 0 Å². The van der Waals surface area contributed by atoms with Gasteiger partial charge in [-0.2, -0.15) is 0 Å². The van der Waals surface area contributed by atoms with Crippen LogP contribution in [0, 0.1) is 17.3 Å². The van der Waals surface area contributed by atoms with Crippen LogP contribution in [0.15, 0.2) is 12.2 Å². The Morgan fingerprint density at radius 2 is 1.58 bits per heavy atom. The van der Waals surface area contributed by atoms with Crippen molar-refractivity contribution in [2.75, 3.05) is 0 Å². The van der Waals surface area contributed by atoms with E-state index in [0.717, 1.165) is 19.3 Å². The van der Waals surface area contributed by atoms with Gasteiger partial charge >= 0.3 is 5.97 Å². The predicted molar refractivity (Wildman–Crippen MR) is 153 cm³/mol. The molecular formula is C29H55FO4Si2. The first-order chi connectivity index (χ1) is 16.1. The second kappa shape index (κ2) is 10.9. The van der Waals surface area contributed by atoms with E-state index >= 15 is 4.39 Å². The Kier molecular flexibility index (Phi) is 9.63. The summed E-state index contributed by atoms with van der Waals surface area (Å²) < 4.78 is 34.4. The molecule has 1 aliphatic heterocycles. The molecule has 1 saturated carbocycles. The number of rotatable bonds is 10. The lowest BCUT2D eigenvalue weighted by atomic mass is 9.80. The van der Waals surface area contributed by atoms with E-state index in [4.69, 9.17) is 13.6 Å². The highest BCUT2D eigenvalue weighted by Crippen LogP contribution is 2.49. The van der Waals surface area contributed by atoms with Crippen molar-refractivity contribution in [2.45, 2.75) is 149 Å². The highest BCUT2D eigenvalue weighted by Gasteiger charge is 2.57. The van der Waals surface area contributed by atoms with Gasteiger partial charge in [-0.05, 0) is 48.1 Å². The summed E-state index contributed by atoms with van der Waals surface area (Å²) in [5.74, 6) is -1.42. The summed E-state index contributed by atoms with van der Waals surface area (Å²) in [4.78, 5) is 12.1. The van der Waals surface area contributed by atoms with E-state index in [1.807, 2.05) is 0 Å². The Hall–Kier alpha value is -0.506. The average molecular weight is 543 g/mol. The first kappa shape index (κ1) is 31.7. The highest BCUT2D eigenvalue weighted by molar-refractivity contribution is 6.74. The Labute approximate surface area is 223 Å². The zero-order chi connectivity index (χ0) is 27.9. The van der Waals surface area contributed by atoms with Gasteiger partial charge in [0.2, 0.25) is 6.17 Å². The molecule has 1 saturated heterocycles. The van der Waals surface area contributed by atoms with Gasteiger partial charge in [0.1, 0.15) is 6.10 Å². The molecule has 7 heteroatoms. The van der Waals surface area contributed by atoms with E-state index in [9.17, 15) is 4.79 Å². The van der Waals surface area contributed by atoms with Gasteiger partial charge in [-0.25, -0.2) is 9.18 Å². The van der Waals surface area contributed by atoms with E-state index in [1.165, 1.54) is 0 Å². The van der Waals surface area contributed by atoms with Crippen LogP contribution in [-0.4, -0.2) is 47.1 Å². The van der Waals surface area contributed by atoms with Gasteiger partial charge in [-0.3, -0.25) is 0 Å². The number of hydrogen-bond donors (Lipinski definition) is 0. The normalized spacial score (nSPS) is 29.1. The van der Waals surface area contributed by atoms with Gasteiger partial charge in [0.25, 0.3) is 0 Å². The minimum atomic E-state index is -2.09. The fraction of sp³-hybridized carbons (Fsp3) is 0.897. The van der Waals surface area contributed by atoms with Gasteiger partial charge in [-0.1, -0.05) is 87.3 Å². The third kappa shape index (κ3) is 6.92. The van der Waals surface area contributed by atoms with Crippen molar-refractivity contribution in [1.29, 1.82) is 0 Å². The predicted octanol–water partition coefficient (Wildman–Crippen LogP) is 8.44. The van der Waals surface area contributed by atoms with Crippen LogP contribution in [0.4, 0.5) is 4.39 Å². The van der Waals surface area contributed by atoms with Crippen LogP contribution in [0.1, 0.15) is 88.0 Å². The Morgan fingerprint density at radius 3 is 2.08 bits per heavy atom. The van der Waals surface area contributed by atoms with Crippen LogP contribution in [0.3, 0.4) is 0 Å². The molecule has 6 atom stereocenters. The van der Waals surface area contributed by atoms with Gasteiger partial charge < -0.3 is 13.6 Å². The third-order valence-corrected chi connectivity index (χ3v) is 18.5. The number of esters is 1. The van der Waals surface area contributed by atoms with Crippen molar-refractivity contribution < 1.29 is 22.8 Å². The minimum absolute atomic E-state index is 0.0425. The van der Waals surface area contributed by atoms with Crippen molar-refractivity contribution in [3.8, 4) is 0 Å². The molecule has 4 nitrogen and oxygen atoms in total. The lowest BCUT2D eigenvalue weighted by Crippen LogP contribution is -2.47. The number of hydrogen-bond acceptors (Lipinski definition) is 4. The number of carbonyl (C=O) groups excluding carboxylic acids is 1. The second-order valence-corrected chi connectivity index (χ2v) is 24.5. The number of unbranched alkanes of at least 4 members (excludes halogenated alkanes) is 1. The molecule has 2 aliphatic rings. The Morgan fingerprint density at radius 1 is 1.03 bits per heavy atom. The minimum Gasteiger partial charge on any atom is -0.460 e. The summed E-state index contributed by atoms with van der Waals surface area (Å²) in [5.41, 5.74) is -0.0626. The number of carbonyl (C=O) groups is 1. The van der Waals surface area contributed by atoms with Crippen molar-refractivity contribution >= 4 is 22.6 Å². The van der Waals surface area contributed by atoms with E-state index in [1.54, 1.807) is 0 Å². The lowest BCUT2D eigenvalue weighted by molar-refractivity contribution is -0.145. The zero-order valence-corrected chi connectivity index (χ0v) is 27.5. The molecule has 0 N–H and O–H groups in total. The molecule has 1 heterocycles. The fourth-order valence-corrected chi connectivity index (χ4v) is 7.56. The summed E-state index contributed by atoms with van der Waals surface area (Å²) in [7, 11) is -4.15. The molecule has 0 radical (unpaired) electrons. The summed E-state index contributed by atoms with van der Waals surface area (Å²) in [6.07, 6.45) is 5.95. The molecule has 2 rings (SSSR count). The molecule has 210 valence electrons. The van der Waals surface area contributed by atoms with E-state index < -0.39 is 40.8 Å². The molecule has 0 aromatic carbocycles. The molecule has 2 fully saturated rings. The molecule has 0 bridgehead atoms. The molecule has 36 heavy (non-hydrogen) atoms. The Balaban J connectivity index is 2.44. The molecule has 0 amide bonds. The van der Waals surface area contributed by atoms with Crippen molar-refractivity contribution in [2.24, 2.45) is 17.3 Å². The van der Waals surface area contributed by atoms with Crippen LogP contribution in [0.5, 0.6) is 0 Å². The standard InChI is InChI=1S/C29H55FO4Si2/c1-14-15-18-29(8,9)23(34-36(12,13)28(5,6)7)17-16-20-21(33-35(10,11)27(2,3)4)19-22-24(20)25(30)26(31)32-22/h16-17,20-25H,14-15,18-19H2,1-13H3/t20-,21+,22-,23?,24+,25-/m0/s1. The van der Waals surface area contributed by atoms with Crippen molar-refractivity contribution in [1.82, 2.24) is 0 Å². The van der Waals surface area contributed by atoms with Crippen LogP contribution in [0.25, 0.3) is 0 Å². The van der Waals surface area contributed by atoms with Crippen LogP contribution in [-0.2, 0) is 18.4 Å². The average Bonchev–Trinajstić information content (AvgIpc) is 3.16. The number of fused-ring (bicyclic) bond motifs is 1. The summed E-state index contributed by atoms with van der Waals surface area (Å²) in [6, 6.07) is 0. The number of ether oxygens (including phenoxy) is 1. The molecule has 0 aromatic heterocycles. The topological polar surface area (TPSA) is 44.8 Å². The van der Waals surface area contributed by atoms with Crippen LogP contribution in [0.2, 0.25) is 36.3 Å². The smallest absolute Gasteiger partial charge is 0.341 e. The molecule has 1 unspecified atom stereocenters. The maximum Gasteiger partial charge on any atom is 0.341 e. The third-order valence-electron chi connectivity index (χ3n) is 9.53. The summed E-state index contributed by atoms with van der Waals surface area (Å²) in [6.45, 7) is 29.3. The van der Waals surface area contributed by atoms with E-state index in [-0.39, 0.29) is 33.6 Å². The van der Waals surface area contributed by atoms with Crippen molar-refractivity contribution in [3.05, 3.63) is 12.2 Å². The quantitative estimate of drug-likeness (QED) is 0.158. The summed E-state index contributed by atoms with van der Waals surface area (Å²) in [5, 5.41) is 0.128. The van der Waals surface area contributed by atoms with E-state index in [0.29, 0.717) is 6.42 Å². The van der Waals surface area contributed by atoms with Gasteiger partial charge in [0.05, 0.1) is 12.2 Å². The first-order valence-electron chi connectivity index (χ1n) is 14.0. The lowest BCUT2D eigenvalue weighted by Gasteiger charge is -2.44. The zero-order valence-electron chi connectivity index (χ0n) is 25.5. The summed E-state index contributed by atoms with van der Waals surface area (Å²) >= 11 is 0. The van der Waals surface area contributed by atoms with Gasteiger partial charge in [-0.15, -0.1) is 0 Å². The molecule has 0 spiro atoms. The van der Waals surface area contributed by atoms with Gasteiger partial charge in [0.15, 0.2) is 16.6 Å². The molecule has 1 aliphatic carbocycles. The van der Waals surface area contributed by atoms with Crippen LogP contribution < -0.4 is 0 Å². The largest absolute Gasteiger partial charge is 0.460 e. The van der Waals surface area contributed by atoms with Crippen LogP contribution >= 0.6 is 0 Å². The number of halogens is 1. The fourth-order valence-electron chi connectivity index (χ4n) is 4.81. The first-order valence-corrected chi connectivity index (χ1v) is 19.8.